The van der Waals surface area contributed by atoms with Crippen LogP contribution in [0, 0.1) is 5.92 Å². The van der Waals surface area contributed by atoms with Gasteiger partial charge >= 0.3 is 5.97 Å². The Balaban J connectivity index is 1.74. The highest BCUT2D eigenvalue weighted by atomic mass is 16.4. The summed E-state index contributed by atoms with van der Waals surface area (Å²) >= 11 is 0. The number of aryl methyl sites for hydroxylation is 1. The predicted molar refractivity (Wildman–Crippen MR) is 83.4 cm³/mol. The topological polar surface area (TPSA) is 80.4 Å². The van der Waals surface area contributed by atoms with Crippen LogP contribution in [-0.2, 0) is 11.8 Å². The van der Waals surface area contributed by atoms with Gasteiger partial charge in [-0.3, -0.25) is 14.3 Å². The van der Waals surface area contributed by atoms with E-state index in [-0.39, 0.29) is 18.2 Å². The van der Waals surface area contributed by atoms with Crippen LogP contribution in [0.1, 0.15) is 29.6 Å². The zero-order chi connectivity index (χ0) is 16.4. The molecule has 0 bridgehead atoms. The summed E-state index contributed by atoms with van der Waals surface area (Å²) in [6.45, 7) is 1.19. The van der Waals surface area contributed by atoms with Gasteiger partial charge in [0.25, 0.3) is 5.91 Å². The standard InChI is InChI=1S/C16H20N4O3/c1-18-15(19-6-2-3-7-19)13(11-17-18)16(23)20-8-4-12(5-9-20)10-14(21)22/h2-3,6-7,11-12H,4-5,8-10H2,1H3,(H,21,22). The molecule has 0 saturated carbocycles. The van der Waals surface area contributed by atoms with Crippen LogP contribution < -0.4 is 0 Å². The molecule has 7 heteroatoms. The van der Waals surface area contributed by atoms with Gasteiger partial charge in [-0.05, 0) is 30.9 Å². The fraction of sp³-hybridized carbons (Fsp3) is 0.438. The van der Waals surface area contributed by atoms with Crippen LogP contribution in [0.5, 0.6) is 0 Å². The Bertz CT molecular complexity index is 697. The molecule has 0 radical (unpaired) electrons. The van der Waals surface area contributed by atoms with Crippen molar-refractivity contribution in [2.75, 3.05) is 13.1 Å². The largest absolute Gasteiger partial charge is 0.481 e. The highest BCUT2D eigenvalue weighted by Gasteiger charge is 2.27. The molecule has 122 valence electrons. The SMILES string of the molecule is Cn1ncc(C(=O)N2CCC(CC(=O)O)CC2)c1-n1cccc1. The van der Waals surface area contributed by atoms with Gasteiger partial charge in [-0.25, -0.2) is 0 Å². The summed E-state index contributed by atoms with van der Waals surface area (Å²) in [5.74, 6) is 0.0922. The second-order valence-electron chi connectivity index (χ2n) is 5.93. The van der Waals surface area contributed by atoms with Crippen molar-refractivity contribution in [3.8, 4) is 5.82 Å². The molecular formula is C16H20N4O3. The highest BCUT2D eigenvalue weighted by Crippen LogP contribution is 2.23. The summed E-state index contributed by atoms with van der Waals surface area (Å²) in [6, 6.07) is 3.80. The van der Waals surface area contributed by atoms with Crippen molar-refractivity contribution in [2.24, 2.45) is 13.0 Å². The predicted octanol–water partition coefficient (Wildman–Crippen LogP) is 1.54. The van der Waals surface area contributed by atoms with Gasteiger partial charge < -0.3 is 14.6 Å². The number of carboxylic acids is 1. The maximum atomic E-state index is 12.8. The molecule has 3 heterocycles. The molecule has 1 saturated heterocycles. The van der Waals surface area contributed by atoms with E-state index < -0.39 is 5.97 Å². The van der Waals surface area contributed by atoms with Crippen LogP contribution in [0.4, 0.5) is 0 Å². The van der Waals surface area contributed by atoms with E-state index in [1.165, 1.54) is 0 Å². The maximum absolute atomic E-state index is 12.8. The fourth-order valence-corrected chi connectivity index (χ4v) is 3.12. The molecule has 3 rings (SSSR count). The molecule has 23 heavy (non-hydrogen) atoms. The molecule has 1 aliphatic rings. The van der Waals surface area contributed by atoms with Gasteiger partial charge in [0.15, 0.2) is 0 Å². The first-order valence-corrected chi connectivity index (χ1v) is 7.72. The summed E-state index contributed by atoms with van der Waals surface area (Å²) < 4.78 is 3.56. The first-order valence-electron chi connectivity index (χ1n) is 7.72. The van der Waals surface area contributed by atoms with Crippen molar-refractivity contribution in [3.05, 3.63) is 36.3 Å². The minimum absolute atomic E-state index is 0.0458. The van der Waals surface area contributed by atoms with Crippen molar-refractivity contribution in [1.29, 1.82) is 0 Å². The molecular weight excluding hydrogens is 296 g/mol. The Kier molecular flexibility index (Phi) is 4.18. The summed E-state index contributed by atoms with van der Waals surface area (Å²) in [7, 11) is 1.81. The van der Waals surface area contributed by atoms with Crippen molar-refractivity contribution in [2.45, 2.75) is 19.3 Å². The van der Waals surface area contributed by atoms with Crippen LogP contribution in [0.15, 0.2) is 30.7 Å². The quantitative estimate of drug-likeness (QED) is 0.928. The molecule has 0 unspecified atom stereocenters. The van der Waals surface area contributed by atoms with E-state index in [2.05, 4.69) is 5.10 Å². The molecule has 2 aromatic heterocycles. The number of aliphatic carboxylic acids is 1. The Hall–Kier alpha value is -2.57. The number of carbonyl (C=O) groups is 2. The number of carboxylic acid groups (broad SMARTS) is 1. The zero-order valence-electron chi connectivity index (χ0n) is 13.1. The van der Waals surface area contributed by atoms with Gasteiger partial charge in [-0.1, -0.05) is 0 Å². The van der Waals surface area contributed by atoms with E-state index >= 15 is 0 Å². The first kappa shape index (κ1) is 15.3. The lowest BCUT2D eigenvalue weighted by atomic mass is 9.93. The third-order valence-electron chi connectivity index (χ3n) is 4.35. The van der Waals surface area contributed by atoms with E-state index in [9.17, 15) is 9.59 Å². The third kappa shape index (κ3) is 3.13. The van der Waals surface area contributed by atoms with Crippen LogP contribution in [0.3, 0.4) is 0 Å². The molecule has 0 aliphatic carbocycles. The van der Waals surface area contributed by atoms with Gasteiger partial charge in [0, 0.05) is 39.0 Å². The summed E-state index contributed by atoms with van der Waals surface area (Å²) in [4.78, 5) is 25.4. The average molecular weight is 316 g/mol. The number of nitrogens with zero attached hydrogens (tertiary/aromatic N) is 4. The van der Waals surface area contributed by atoms with E-state index in [1.54, 1.807) is 15.8 Å². The van der Waals surface area contributed by atoms with Crippen molar-refractivity contribution in [3.63, 3.8) is 0 Å². The number of amides is 1. The van der Waals surface area contributed by atoms with E-state index in [4.69, 9.17) is 5.11 Å². The minimum atomic E-state index is -0.767. The second-order valence-corrected chi connectivity index (χ2v) is 5.93. The molecule has 2 aromatic rings. The van der Waals surface area contributed by atoms with Crippen molar-refractivity contribution in [1.82, 2.24) is 19.2 Å². The van der Waals surface area contributed by atoms with Gasteiger partial charge in [-0.2, -0.15) is 5.10 Å². The lowest BCUT2D eigenvalue weighted by Gasteiger charge is -2.31. The van der Waals surface area contributed by atoms with Gasteiger partial charge in [0.1, 0.15) is 11.4 Å². The van der Waals surface area contributed by atoms with Gasteiger partial charge in [0.2, 0.25) is 0 Å². The number of rotatable bonds is 4. The van der Waals surface area contributed by atoms with Gasteiger partial charge in [0.05, 0.1) is 6.20 Å². The number of piperidine rings is 1. The van der Waals surface area contributed by atoms with Crippen LogP contribution in [0.2, 0.25) is 0 Å². The second kappa shape index (κ2) is 6.28. The molecule has 0 aromatic carbocycles. The Morgan fingerprint density at radius 2 is 1.91 bits per heavy atom. The highest BCUT2D eigenvalue weighted by molar-refractivity contribution is 5.97. The van der Waals surface area contributed by atoms with Crippen LogP contribution >= 0.6 is 0 Å². The van der Waals surface area contributed by atoms with E-state index in [0.717, 1.165) is 18.7 Å². The Labute approximate surface area is 134 Å². The number of likely N-dealkylation sites (tertiary alicyclic amines) is 1. The smallest absolute Gasteiger partial charge is 0.303 e. The monoisotopic (exact) mass is 316 g/mol. The Morgan fingerprint density at radius 3 is 2.52 bits per heavy atom. The normalized spacial score (nSPS) is 15.8. The van der Waals surface area contributed by atoms with Gasteiger partial charge in [-0.15, -0.1) is 0 Å². The Morgan fingerprint density at radius 1 is 1.26 bits per heavy atom. The lowest BCUT2D eigenvalue weighted by Crippen LogP contribution is -2.39. The number of hydrogen-bond acceptors (Lipinski definition) is 3. The van der Waals surface area contributed by atoms with Crippen LogP contribution in [0.25, 0.3) is 5.82 Å². The number of hydrogen-bond donors (Lipinski definition) is 1. The zero-order valence-corrected chi connectivity index (χ0v) is 13.1. The molecule has 1 N–H and O–H groups in total. The summed E-state index contributed by atoms with van der Waals surface area (Å²) in [6.07, 6.45) is 7.01. The minimum Gasteiger partial charge on any atom is -0.481 e. The third-order valence-corrected chi connectivity index (χ3v) is 4.35. The molecule has 1 aliphatic heterocycles. The van der Waals surface area contributed by atoms with Crippen molar-refractivity contribution >= 4 is 11.9 Å². The molecule has 0 spiro atoms. The first-order chi connectivity index (χ1) is 11.1. The number of carbonyl (C=O) groups excluding carboxylic acids is 1. The molecule has 1 fully saturated rings. The molecule has 0 atom stereocenters. The fourth-order valence-electron chi connectivity index (χ4n) is 3.12. The molecule has 7 nitrogen and oxygen atoms in total. The molecule has 1 amide bonds. The summed E-state index contributed by atoms with van der Waals surface area (Å²) in [5, 5.41) is 13.1. The summed E-state index contributed by atoms with van der Waals surface area (Å²) in [5.41, 5.74) is 0.570. The van der Waals surface area contributed by atoms with E-state index in [0.29, 0.717) is 18.7 Å². The lowest BCUT2D eigenvalue weighted by molar-refractivity contribution is -0.138. The maximum Gasteiger partial charge on any atom is 0.303 e. The average Bonchev–Trinajstić information content (AvgIpc) is 3.15. The number of aromatic nitrogens is 3. The van der Waals surface area contributed by atoms with E-state index in [1.807, 2.05) is 36.1 Å². The van der Waals surface area contributed by atoms with Crippen LogP contribution in [-0.4, -0.2) is 49.3 Å². The van der Waals surface area contributed by atoms with Crippen molar-refractivity contribution < 1.29 is 14.7 Å².